The fourth-order valence-corrected chi connectivity index (χ4v) is 2.46. The number of nitrogens with zero attached hydrogens (tertiary/aromatic N) is 3. The van der Waals surface area contributed by atoms with Gasteiger partial charge >= 0.3 is 12.1 Å². The largest absolute Gasteiger partial charge is 0.338 e. The number of aromatic nitrogens is 2. The first-order valence-corrected chi connectivity index (χ1v) is 7.55. The summed E-state index contributed by atoms with van der Waals surface area (Å²) in [6, 6.07) is -0.290. The van der Waals surface area contributed by atoms with Crippen LogP contribution in [0.1, 0.15) is 24.6 Å². The van der Waals surface area contributed by atoms with Gasteiger partial charge in [-0.25, -0.2) is 9.59 Å². The van der Waals surface area contributed by atoms with Gasteiger partial charge in [0.2, 0.25) is 0 Å². The van der Waals surface area contributed by atoms with Crippen molar-refractivity contribution in [2.24, 2.45) is 7.05 Å². The molecule has 0 spiro atoms. The van der Waals surface area contributed by atoms with Crippen LogP contribution in [-0.4, -0.2) is 52.4 Å². The van der Waals surface area contributed by atoms with E-state index in [1.807, 2.05) is 20.9 Å². The maximum atomic E-state index is 11.9. The van der Waals surface area contributed by atoms with Gasteiger partial charge in [-0.3, -0.25) is 4.68 Å². The molecule has 1 aromatic heterocycles. The average molecular weight is 308 g/mol. The monoisotopic (exact) mass is 308 g/mol. The summed E-state index contributed by atoms with van der Waals surface area (Å²) in [5, 5.41) is 12.6. The molecule has 0 aliphatic carbocycles. The van der Waals surface area contributed by atoms with Crippen LogP contribution in [0.3, 0.4) is 0 Å². The van der Waals surface area contributed by atoms with E-state index in [9.17, 15) is 9.59 Å². The molecule has 0 saturated carbocycles. The average Bonchev–Trinajstić information content (AvgIpc) is 3.06. The third kappa shape index (κ3) is 3.90. The van der Waals surface area contributed by atoms with Crippen molar-refractivity contribution in [2.45, 2.75) is 32.9 Å². The van der Waals surface area contributed by atoms with Gasteiger partial charge in [-0.15, -0.1) is 0 Å². The molecule has 2 heterocycles. The van der Waals surface area contributed by atoms with Crippen molar-refractivity contribution in [3.05, 3.63) is 17.5 Å². The van der Waals surface area contributed by atoms with Crippen LogP contribution in [0, 0.1) is 6.92 Å². The molecule has 1 aromatic rings. The summed E-state index contributed by atoms with van der Waals surface area (Å²) >= 11 is 0. The third-order valence-electron chi connectivity index (χ3n) is 3.91. The van der Waals surface area contributed by atoms with E-state index in [0.29, 0.717) is 26.2 Å². The number of hydrogen-bond donors (Lipinski definition) is 3. The topological polar surface area (TPSA) is 91.3 Å². The van der Waals surface area contributed by atoms with Crippen molar-refractivity contribution >= 4 is 12.1 Å². The van der Waals surface area contributed by atoms with Crippen LogP contribution in [0.25, 0.3) is 0 Å². The summed E-state index contributed by atoms with van der Waals surface area (Å²) in [4.78, 5) is 25.4. The molecule has 22 heavy (non-hydrogen) atoms. The Kier molecular flexibility index (Phi) is 5.24. The molecule has 1 saturated heterocycles. The number of aryl methyl sites for hydroxylation is 1. The number of nitrogens with one attached hydrogen (secondary N) is 3. The van der Waals surface area contributed by atoms with Gasteiger partial charge in [0.05, 0.1) is 6.20 Å². The van der Waals surface area contributed by atoms with E-state index in [4.69, 9.17) is 0 Å². The zero-order chi connectivity index (χ0) is 16.1. The maximum absolute atomic E-state index is 11.9. The first-order valence-electron chi connectivity index (χ1n) is 7.55. The minimum atomic E-state index is -0.217. The van der Waals surface area contributed by atoms with Crippen LogP contribution >= 0.6 is 0 Å². The molecule has 1 atom stereocenters. The molecule has 1 aliphatic heterocycles. The fraction of sp³-hybridized carbons (Fsp3) is 0.643. The van der Waals surface area contributed by atoms with E-state index in [0.717, 1.165) is 17.7 Å². The second kappa shape index (κ2) is 7.15. The highest BCUT2D eigenvalue weighted by Gasteiger charge is 2.26. The molecule has 2 rings (SSSR count). The molecule has 0 radical (unpaired) electrons. The smallest absolute Gasteiger partial charge is 0.317 e. The normalized spacial score (nSPS) is 17.4. The lowest BCUT2D eigenvalue weighted by molar-refractivity contribution is 0.207. The number of carbonyl (C=O) groups excluding carboxylic acids is 2. The molecular formula is C14H24N6O2. The third-order valence-corrected chi connectivity index (χ3v) is 3.91. The summed E-state index contributed by atoms with van der Waals surface area (Å²) < 4.78 is 1.77. The lowest BCUT2D eigenvalue weighted by Gasteiger charge is -2.17. The molecule has 1 fully saturated rings. The highest BCUT2D eigenvalue weighted by Crippen LogP contribution is 2.09. The molecular weight excluding hydrogens is 284 g/mol. The van der Waals surface area contributed by atoms with Gasteiger partial charge in [0.25, 0.3) is 0 Å². The van der Waals surface area contributed by atoms with Crippen molar-refractivity contribution in [1.82, 2.24) is 30.6 Å². The summed E-state index contributed by atoms with van der Waals surface area (Å²) in [6.07, 6.45) is 2.53. The van der Waals surface area contributed by atoms with Gasteiger partial charge in [0.1, 0.15) is 0 Å². The van der Waals surface area contributed by atoms with E-state index in [-0.39, 0.29) is 18.1 Å². The van der Waals surface area contributed by atoms with Crippen LogP contribution in [0.15, 0.2) is 6.20 Å². The van der Waals surface area contributed by atoms with Gasteiger partial charge in [-0.05, 0) is 20.3 Å². The Hall–Kier alpha value is -2.25. The van der Waals surface area contributed by atoms with E-state index < -0.39 is 0 Å². The van der Waals surface area contributed by atoms with Crippen LogP contribution in [0.5, 0.6) is 0 Å². The number of likely N-dealkylation sites (tertiary alicyclic amines) is 1. The zero-order valence-electron chi connectivity index (χ0n) is 13.3. The standard InChI is InChI=1S/C14H24N6O2/c1-4-15-14(22)20-6-5-12(9-20)18-13(21)16-7-11-8-17-19(3)10(11)2/h8,12H,4-7,9H2,1-3H3,(H,15,22)(H2,16,18,21). The fourth-order valence-electron chi connectivity index (χ4n) is 2.46. The Labute approximate surface area is 130 Å². The Bertz CT molecular complexity index is 541. The highest BCUT2D eigenvalue weighted by molar-refractivity contribution is 5.76. The van der Waals surface area contributed by atoms with Crippen LogP contribution in [-0.2, 0) is 13.6 Å². The molecule has 1 aliphatic rings. The Balaban J connectivity index is 1.74. The summed E-state index contributed by atoms with van der Waals surface area (Å²) in [5.41, 5.74) is 2.02. The first kappa shape index (κ1) is 16.1. The van der Waals surface area contributed by atoms with Crippen LogP contribution in [0.4, 0.5) is 9.59 Å². The quantitative estimate of drug-likeness (QED) is 0.748. The number of hydrogen-bond acceptors (Lipinski definition) is 3. The predicted octanol–water partition coefficient (Wildman–Crippen LogP) is 0.332. The Morgan fingerprint density at radius 3 is 2.82 bits per heavy atom. The minimum Gasteiger partial charge on any atom is -0.338 e. The predicted molar refractivity (Wildman–Crippen MR) is 82.4 cm³/mol. The zero-order valence-corrected chi connectivity index (χ0v) is 13.3. The minimum absolute atomic E-state index is 0.00222. The number of rotatable bonds is 4. The summed E-state index contributed by atoms with van der Waals surface area (Å²) in [7, 11) is 1.87. The molecule has 0 aromatic carbocycles. The summed E-state index contributed by atoms with van der Waals surface area (Å²) in [6.45, 7) is 6.11. The van der Waals surface area contributed by atoms with Gasteiger partial charge in [0, 0.05) is 50.5 Å². The second-order valence-corrected chi connectivity index (χ2v) is 5.47. The molecule has 1 unspecified atom stereocenters. The first-order chi connectivity index (χ1) is 10.5. The van der Waals surface area contributed by atoms with Crippen molar-refractivity contribution in [2.75, 3.05) is 19.6 Å². The van der Waals surface area contributed by atoms with Gasteiger partial charge in [-0.1, -0.05) is 0 Å². The number of amides is 4. The molecule has 3 N–H and O–H groups in total. The molecule has 8 nitrogen and oxygen atoms in total. The molecule has 8 heteroatoms. The lowest BCUT2D eigenvalue weighted by atomic mass is 10.2. The van der Waals surface area contributed by atoms with Crippen LogP contribution < -0.4 is 16.0 Å². The van der Waals surface area contributed by atoms with Gasteiger partial charge in [-0.2, -0.15) is 5.10 Å². The van der Waals surface area contributed by atoms with Crippen LogP contribution in [0.2, 0.25) is 0 Å². The van der Waals surface area contributed by atoms with Crippen molar-refractivity contribution in [3.63, 3.8) is 0 Å². The Morgan fingerprint density at radius 2 is 2.18 bits per heavy atom. The van der Waals surface area contributed by atoms with E-state index >= 15 is 0 Å². The van der Waals surface area contributed by atoms with E-state index in [1.54, 1.807) is 15.8 Å². The summed E-state index contributed by atoms with van der Waals surface area (Å²) in [5.74, 6) is 0. The highest BCUT2D eigenvalue weighted by atomic mass is 16.2. The molecule has 0 bridgehead atoms. The van der Waals surface area contributed by atoms with E-state index in [1.165, 1.54) is 0 Å². The van der Waals surface area contributed by atoms with Gasteiger partial charge < -0.3 is 20.9 Å². The molecule has 122 valence electrons. The number of carbonyl (C=O) groups is 2. The molecule has 4 amide bonds. The van der Waals surface area contributed by atoms with Crippen molar-refractivity contribution in [1.29, 1.82) is 0 Å². The second-order valence-electron chi connectivity index (χ2n) is 5.47. The van der Waals surface area contributed by atoms with Gasteiger partial charge in [0.15, 0.2) is 0 Å². The van der Waals surface area contributed by atoms with Crippen molar-refractivity contribution in [3.8, 4) is 0 Å². The lowest BCUT2D eigenvalue weighted by Crippen LogP contribution is -2.45. The number of urea groups is 2. The Morgan fingerprint density at radius 1 is 1.41 bits per heavy atom. The van der Waals surface area contributed by atoms with Crippen molar-refractivity contribution < 1.29 is 9.59 Å². The maximum Gasteiger partial charge on any atom is 0.317 e. The van der Waals surface area contributed by atoms with E-state index in [2.05, 4.69) is 21.0 Å². The SMILES string of the molecule is CCNC(=O)N1CCC(NC(=O)NCc2cnn(C)c2C)C1.